The highest BCUT2D eigenvalue weighted by Crippen LogP contribution is 2.16. The molecule has 1 fully saturated rings. The Labute approximate surface area is 93.4 Å². The van der Waals surface area contributed by atoms with E-state index in [0.717, 1.165) is 39.0 Å². The molecule has 0 spiro atoms. The molecule has 0 amide bonds. The van der Waals surface area contributed by atoms with Crippen molar-refractivity contribution in [3.63, 3.8) is 0 Å². The van der Waals surface area contributed by atoms with E-state index in [1.807, 2.05) is 0 Å². The zero-order chi connectivity index (χ0) is 11.3. The fraction of sp³-hybridized carbons (Fsp3) is 0.917. The van der Waals surface area contributed by atoms with Crippen molar-refractivity contribution in [1.82, 2.24) is 9.80 Å². The second-order valence-corrected chi connectivity index (χ2v) is 4.70. The summed E-state index contributed by atoms with van der Waals surface area (Å²) in [6, 6.07) is 0.624. The van der Waals surface area contributed by atoms with E-state index in [2.05, 4.69) is 30.6 Å². The van der Waals surface area contributed by atoms with Gasteiger partial charge in [0.15, 0.2) is 0 Å². The van der Waals surface area contributed by atoms with E-state index in [1.54, 1.807) is 0 Å². The molecule has 1 atom stereocenters. The van der Waals surface area contributed by atoms with Crippen molar-refractivity contribution in [3.05, 3.63) is 0 Å². The Bertz CT molecular complexity index is 194. The van der Waals surface area contributed by atoms with Crippen molar-refractivity contribution in [2.75, 3.05) is 32.7 Å². The quantitative estimate of drug-likeness (QED) is 0.641. The predicted octanol–water partition coefficient (Wildman–Crippen LogP) is 1.24. The lowest BCUT2D eigenvalue weighted by atomic mass is 9.99. The fourth-order valence-electron chi connectivity index (χ4n) is 2.32. The molecule has 15 heavy (non-hydrogen) atoms. The maximum absolute atomic E-state index is 10.4. The Hall–Kier alpha value is -0.410. The molecule has 0 aliphatic carbocycles. The Kier molecular flexibility index (Phi) is 5.26. The molecule has 0 aromatic carbocycles. The molecule has 0 aromatic heterocycles. The number of carbonyl (C=O) groups excluding carboxylic acids is 1. The van der Waals surface area contributed by atoms with Crippen LogP contribution in [0.2, 0.25) is 0 Å². The van der Waals surface area contributed by atoms with E-state index in [-0.39, 0.29) is 0 Å². The van der Waals surface area contributed by atoms with E-state index in [9.17, 15) is 4.79 Å². The summed E-state index contributed by atoms with van der Waals surface area (Å²) in [6.45, 7) is 12.3. The van der Waals surface area contributed by atoms with Gasteiger partial charge in [-0.25, -0.2) is 0 Å². The van der Waals surface area contributed by atoms with Crippen molar-refractivity contribution in [3.8, 4) is 0 Å². The van der Waals surface area contributed by atoms with Gasteiger partial charge in [-0.1, -0.05) is 20.8 Å². The number of aldehydes is 1. The third-order valence-electron chi connectivity index (χ3n) is 3.37. The van der Waals surface area contributed by atoms with E-state index in [0.29, 0.717) is 18.4 Å². The standard InChI is InChI=1S/C12H24N2O/c1-4-13-7-8-14(6-5-9-15)12(10-13)11(2)3/h9,11-12H,4-8,10H2,1-3H3. The third kappa shape index (κ3) is 3.58. The van der Waals surface area contributed by atoms with Crippen molar-refractivity contribution in [2.45, 2.75) is 33.2 Å². The maximum atomic E-state index is 10.4. The minimum absolute atomic E-state index is 0.624. The van der Waals surface area contributed by atoms with E-state index in [4.69, 9.17) is 0 Å². The molecule has 3 nitrogen and oxygen atoms in total. The Morgan fingerprint density at radius 1 is 1.40 bits per heavy atom. The van der Waals surface area contributed by atoms with Crippen LogP contribution in [0.4, 0.5) is 0 Å². The van der Waals surface area contributed by atoms with Gasteiger partial charge in [-0.05, 0) is 12.5 Å². The molecule has 0 N–H and O–H groups in total. The Morgan fingerprint density at radius 2 is 2.13 bits per heavy atom. The van der Waals surface area contributed by atoms with Crippen LogP contribution >= 0.6 is 0 Å². The molecule has 1 rings (SSSR count). The minimum Gasteiger partial charge on any atom is -0.303 e. The Morgan fingerprint density at radius 3 is 2.67 bits per heavy atom. The van der Waals surface area contributed by atoms with Crippen LogP contribution in [0.5, 0.6) is 0 Å². The molecule has 1 heterocycles. The number of nitrogens with zero attached hydrogens (tertiary/aromatic N) is 2. The lowest BCUT2D eigenvalue weighted by molar-refractivity contribution is -0.108. The zero-order valence-corrected chi connectivity index (χ0v) is 10.3. The summed E-state index contributed by atoms with van der Waals surface area (Å²) in [4.78, 5) is 15.4. The van der Waals surface area contributed by atoms with Gasteiger partial charge in [0.05, 0.1) is 0 Å². The molecule has 1 aliphatic rings. The van der Waals surface area contributed by atoms with Crippen LogP contribution in [0.1, 0.15) is 27.2 Å². The summed E-state index contributed by atoms with van der Waals surface area (Å²) >= 11 is 0. The van der Waals surface area contributed by atoms with Gasteiger partial charge in [0.2, 0.25) is 0 Å². The lowest BCUT2D eigenvalue weighted by Gasteiger charge is -2.43. The first-order chi connectivity index (χ1) is 7.19. The predicted molar refractivity (Wildman–Crippen MR) is 63.0 cm³/mol. The molecular formula is C12H24N2O. The van der Waals surface area contributed by atoms with Crippen molar-refractivity contribution >= 4 is 6.29 Å². The highest BCUT2D eigenvalue weighted by molar-refractivity contribution is 5.49. The molecule has 1 aliphatic heterocycles. The van der Waals surface area contributed by atoms with Crippen LogP contribution in [0.15, 0.2) is 0 Å². The normalized spacial score (nSPS) is 24.7. The Balaban J connectivity index is 2.50. The molecule has 1 unspecified atom stereocenters. The van der Waals surface area contributed by atoms with Gasteiger partial charge in [0.25, 0.3) is 0 Å². The van der Waals surface area contributed by atoms with Gasteiger partial charge in [0, 0.05) is 38.6 Å². The highest BCUT2D eigenvalue weighted by Gasteiger charge is 2.27. The maximum Gasteiger partial charge on any atom is 0.121 e. The highest BCUT2D eigenvalue weighted by atomic mass is 16.1. The summed E-state index contributed by atoms with van der Waals surface area (Å²) < 4.78 is 0. The van der Waals surface area contributed by atoms with Crippen molar-refractivity contribution in [2.24, 2.45) is 5.92 Å². The lowest BCUT2D eigenvalue weighted by Crippen LogP contribution is -2.55. The van der Waals surface area contributed by atoms with Crippen LogP contribution in [0.25, 0.3) is 0 Å². The molecule has 0 radical (unpaired) electrons. The first-order valence-corrected chi connectivity index (χ1v) is 6.09. The second-order valence-electron chi connectivity index (χ2n) is 4.70. The smallest absolute Gasteiger partial charge is 0.121 e. The SMILES string of the molecule is CCN1CCN(CCC=O)C(C(C)C)C1. The molecule has 3 heteroatoms. The van der Waals surface area contributed by atoms with Crippen LogP contribution in [-0.4, -0.2) is 54.9 Å². The monoisotopic (exact) mass is 212 g/mol. The average molecular weight is 212 g/mol. The summed E-state index contributed by atoms with van der Waals surface area (Å²) in [5.74, 6) is 0.672. The van der Waals surface area contributed by atoms with E-state index >= 15 is 0 Å². The number of hydrogen-bond donors (Lipinski definition) is 0. The molecular weight excluding hydrogens is 188 g/mol. The van der Waals surface area contributed by atoms with Crippen LogP contribution in [-0.2, 0) is 4.79 Å². The molecule has 0 saturated carbocycles. The van der Waals surface area contributed by atoms with Crippen molar-refractivity contribution in [1.29, 1.82) is 0 Å². The average Bonchev–Trinajstić information content (AvgIpc) is 2.26. The van der Waals surface area contributed by atoms with E-state index < -0.39 is 0 Å². The number of carbonyl (C=O) groups is 1. The number of hydrogen-bond acceptors (Lipinski definition) is 3. The molecule has 0 aromatic rings. The minimum atomic E-state index is 0.624. The largest absolute Gasteiger partial charge is 0.303 e. The van der Waals surface area contributed by atoms with Gasteiger partial charge in [-0.3, -0.25) is 4.90 Å². The summed E-state index contributed by atoms with van der Waals surface area (Å²) in [7, 11) is 0. The van der Waals surface area contributed by atoms with E-state index in [1.165, 1.54) is 0 Å². The van der Waals surface area contributed by atoms with Gasteiger partial charge < -0.3 is 9.69 Å². The molecule has 88 valence electrons. The van der Waals surface area contributed by atoms with Gasteiger partial charge in [-0.2, -0.15) is 0 Å². The first-order valence-electron chi connectivity index (χ1n) is 6.09. The summed E-state index contributed by atoms with van der Waals surface area (Å²) in [6.07, 6.45) is 1.71. The van der Waals surface area contributed by atoms with Gasteiger partial charge in [-0.15, -0.1) is 0 Å². The van der Waals surface area contributed by atoms with Gasteiger partial charge in [0.1, 0.15) is 6.29 Å². The van der Waals surface area contributed by atoms with Crippen LogP contribution < -0.4 is 0 Å². The number of rotatable bonds is 5. The summed E-state index contributed by atoms with van der Waals surface area (Å²) in [5.41, 5.74) is 0. The second kappa shape index (κ2) is 6.23. The number of likely N-dealkylation sites (N-methyl/N-ethyl adjacent to an activating group) is 1. The number of piperazine rings is 1. The molecule has 1 saturated heterocycles. The zero-order valence-electron chi connectivity index (χ0n) is 10.3. The fourth-order valence-corrected chi connectivity index (χ4v) is 2.32. The molecule has 0 bridgehead atoms. The summed E-state index contributed by atoms with van der Waals surface area (Å²) in [5, 5.41) is 0. The van der Waals surface area contributed by atoms with Gasteiger partial charge >= 0.3 is 0 Å². The van der Waals surface area contributed by atoms with Crippen LogP contribution in [0.3, 0.4) is 0 Å². The van der Waals surface area contributed by atoms with Crippen LogP contribution in [0, 0.1) is 5.92 Å². The first kappa shape index (κ1) is 12.7. The van der Waals surface area contributed by atoms with Crippen molar-refractivity contribution < 1.29 is 4.79 Å². The topological polar surface area (TPSA) is 23.6 Å². The third-order valence-corrected chi connectivity index (χ3v) is 3.37.